The number of rotatable bonds is 10. The molecule has 0 aliphatic rings. The zero-order chi connectivity index (χ0) is 14.2. The molecule has 0 unspecified atom stereocenters. The fraction of sp³-hybridized carbons (Fsp3) is 1.00. The first-order chi connectivity index (χ1) is 8.26. The molecule has 0 atom stereocenters. The molecular formula is C12H31O3Si3. The third-order valence-corrected chi connectivity index (χ3v) is 12.9. The monoisotopic (exact) mass is 307 g/mol. The Morgan fingerprint density at radius 3 is 1.72 bits per heavy atom. The molecule has 3 nitrogen and oxygen atoms in total. The van der Waals surface area contributed by atoms with Crippen LogP contribution in [0.15, 0.2) is 0 Å². The van der Waals surface area contributed by atoms with Crippen LogP contribution in [0.4, 0.5) is 0 Å². The Kier molecular flexibility index (Phi) is 8.91. The van der Waals surface area contributed by atoms with Gasteiger partial charge in [0.15, 0.2) is 16.6 Å². The first-order valence-electron chi connectivity index (χ1n) is 7.08. The molecule has 109 valence electrons. The molecule has 0 N–H and O–H groups in total. The molecule has 0 heterocycles. The Bertz CT molecular complexity index is 217. The van der Waals surface area contributed by atoms with Gasteiger partial charge in [-0.25, -0.2) is 0 Å². The second-order valence-corrected chi connectivity index (χ2v) is 16.6. The summed E-state index contributed by atoms with van der Waals surface area (Å²) < 4.78 is 17.8. The first-order valence-corrected chi connectivity index (χ1v) is 14.8. The van der Waals surface area contributed by atoms with Gasteiger partial charge in [-0.05, 0) is 58.2 Å². The van der Waals surface area contributed by atoms with E-state index in [2.05, 4.69) is 33.1 Å². The Labute approximate surface area is 117 Å². The van der Waals surface area contributed by atoms with Gasteiger partial charge in [-0.3, -0.25) is 0 Å². The van der Waals surface area contributed by atoms with E-state index < -0.39 is 25.9 Å². The zero-order valence-electron chi connectivity index (χ0n) is 13.3. The summed E-state index contributed by atoms with van der Waals surface area (Å²) in [5, 5.41) is 0. The molecule has 0 aromatic rings. The van der Waals surface area contributed by atoms with Crippen molar-refractivity contribution >= 4 is 25.9 Å². The Hall–Kier alpha value is 0.531. The molecule has 1 radical (unpaired) electrons. The van der Waals surface area contributed by atoms with Crippen molar-refractivity contribution in [2.45, 2.75) is 65.1 Å². The summed E-state index contributed by atoms with van der Waals surface area (Å²) >= 11 is 0. The van der Waals surface area contributed by atoms with Crippen molar-refractivity contribution in [1.29, 1.82) is 0 Å². The van der Waals surface area contributed by atoms with E-state index in [1.165, 1.54) is 6.04 Å². The molecule has 0 fully saturated rings. The van der Waals surface area contributed by atoms with Gasteiger partial charge in [0.1, 0.15) is 0 Å². The van der Waals surface area contributed by atoms with Crippen molar-refractivity contribution in [2.24, 2.45) is 0 Å². The number of hydrogen-bond donors (Lipinski definition) is 0. The van der Waals surface area contributed by atoms with E-state index in [0.717, 1.165) is 25.3 Å². The fourth-order valence-electron chi connectivity index (χ4n) is 1.78. The highest BCUT2D eigenvalue weighted by Gasteiger charge is 2.33. The lowest BCUT2D eigenvalue weighted by atomic mass is 10.9. The summed E-state index contributed by atoms with van der Waals surface area (Å²) in [6, 6.07) is 3.40. The second-order valence-electron chi connectivity index (χ2n) is 5.71. The van der Waals surface area contributed by atoms with Gasteiger partial charge in [-0.15, -0.1) is 0 Å². The summed E-state index contributed by atoms with van der Waals surface area (Å²) in [6.45, 7) is 17.1. The Morgan fingerprint density at radius 1 is 0.833 bits per heavy atom. The van der Waals surface area contributed by atoms with Crippen molar-refractivity contribution in [3.63, 3.8) is 0 Å². The minimum absolute atomic E-state index is 0.756. The molecule has 0 aromatic heterocycles. The molecule has 0 aliphatic carbocycles. The average molecular weight is 308 g/mol. The van der Waals surface area contributed by atoms with E-state index in [9.17, 15) is 0 Å². The van der Waals surface area contributed by atoms with Gasteiger partial charge < -0.3 is 13.0 Å². The maximum Gasteiger partial charge on any atom is 0.384 e. The van der Waals surface area contributed by atoms with Gasteiger partial charge in [0.05, 0.1) is 0 Å². The zero-order valence-corrected chi connectivity index (χ0v) is 16.3. The largest absolute Gasteiger partial charge is 0.456 e. The van der Waals surface area contributed by atoms with E-state index >= 15 is 0 Å². The summed E-state index contributed by atoms with van der Waals surface area (Å²) in [6.07, 6.45) is 0. The molecule has 0 saturated heterocycles. The van der Waals surface area contributed by atoms with Crippen molar-refractivity contribution in [3.05, 3.63) is 0 Å². The molecule has 0 saturated carbocycles. The average Bonchev–Trinajstić information content (AvgIpc) is 2.25. The highest BCUT2D eigenvalue weighted by atomic mass is 28.4. The Morgan fingerprint density at radius 2 is 1.33 bits per heavy atom. The van der Waals surface area contributed by atoms with Crippen LogP contribution in [-0.4, -0.2) is 39.1 Å². The molecule has 0 rings (SSSR count). The van der Waals surface area contributed by atoms with Crippen LogP contribution >= 0.6 is 0 Å². The third kappa shape index (κ3) is 8.60. The first kappa shape index (κ1) is 18.5. The fourth-order valence-corrected chi connectivity index (χ4v) is 13.0. The van der Waals surface area contributed by atoms with Crippen LogP contribution in [0.2, 0.25) is 44.3 Å². The molecule has 0 aromatic carbocycles. The number of hydrogen-bond acceptors (Lipinski definition) is 3. The Balaban J connectivity index is 4.21. The van der Waals surface area contributed by atoms with Crippen LogP contribution in [0.3, 0.4) is 0 Å². The van der Waals surface area contributed by atoms with Crippen LogP contribution in [0.5, 0.6) is 0 Å². The van der Waals surface area contributed by atoms with Gasteiger partial charge in [0, 0.05) is 13.2 Å². The summed E-state index contributed by atoms with van der Waals surface area (Å²) in [5.41, 5.74) is 0. The third-order valence-electron chi connectivity index (χ3n) is 2.95. The molecular weight excluding hydrogens is 276 g/mol. The standard InChI is InChI=1S/C12H31O3Si3/c1-8-13-16(14-9-2)11-12-18(6,7)15-17(4,5)10-3/h8-12H2,1-7H3. The van der Waals surface area contributed by atoms with Crippen molar-refractivity contribution < 1.29 is 13.0 Å². The lowest BCUT2D eigenvalue weighted by Crippen LogP contribution is -2.44. The maximum absolute atomic E-state index is 6.46. The summed E-state index contributed by atoms with van der Waals surface area (Å²) in [4.78, 5) is 0. The second kappa shape index (κ2) is 8.65. The summed E-state index contributed by atoms with van der Waals surface area (Å²) in [5.74, 6) is 0. The van der Waals surface area contributed by atoms with E-state index in [1.807, 2.05) is 13.8 Å². The van der Waals surface area contributed by atoms with Gasteiger partial charge in [0.2, 0.25) is 0 Å². The van der Waals surface area contributed by atoms with Crippen molar-refractivity contribution in [1.82, 2.24) is 0 Å². The lowest BCUT2D eigenvalue weighted by molar-refractivity contribution is 0.214. The van der Waals surface area contributed by atoms with E-state index in [0.29, 0.717) is 0 Å². The van der Waals surface area contributed by atoms with Crippen LogP contribution < -0.4 is 0 Å². The minimum atomic E-state index is -1.55. The molecule has 6 heteroatoms. The highest BCUT2D eigenvalue weighted by Crippen LogP contribution is 2.23. The van der Waals surface area contributed by atoms with Crippen LogP contribution in [-0.2, 0) is 13.0 Å². The van der Waals surface area contributed by atoms with E-state index in [1.54, 1.807) is 0 Å². The smallest absolute Gasteiger partial charge is 0.384 e. The van der Waals surface area contributed by atoms with Gasteiger partial charge in [0.25, 0.3) is 0 Å². The van der Waals surface area contributed by atoms with Gasteiger partial charge in [-0.1, -0.05) is 6.92 Å². The molecule has 18 heavy (non-hydrogen) atoms. The van der Waals surface area contributed by atoms with Crippen molar-refractivity contribution in [3.8, 4) is 0 Å². The summed E-state index contributed by atoms with van der Waals surface area (Å²) in [7, 11) is -4.05. The van der Waals surface area contributed by atoms with Crippen LogP contribution in [0, 0.1) is 0 Å². The van der Waals surface area contributed by atoms with Gasteiger partial charge >= 0.3 is 9.28 Å². The van der Waals surface area contributed by atoms with Gasteiger partial charge in [-0.2, -0.15) is 0 Å². The topological polar surface area (TPSA) is 27.7 Å². The van der Waals surface area contributed by atoms with E-state index in [-0.39, 0.29) is 0 Å². The molecule has 0 bridgehead atoms. The van der Waals surface area contributed by atoms with E-state index in [4.69, 9.17) is 13.0 Å². The predicted octanol–water partition coefficient (Wildman–Crippen LogP) is 3.99. The quantitative estimate of drug-likeness (QED) is 0.571. The predicted molar refractivity (Wildman–Crippen MR) is 85.2 cm³/mol. The lowest BCUT2D eigenvalue weighted by Gasteiger charge is -2.33. The minimum Gasteiger partial charge on any atom is -0.456 e. The van der Waals surface area contributed by atoms with Crippen LogP contribution in [0.25, 0.3) is 0 Å². The molecule has 0 amide bonds. The maximum atomic E-state index is 6.46. The van der Waals surface area contributed by atoms with Crippen LogP contribution in [0.1, 0.15) is 20.8 Å². The molecule has 0 aliphatic heterocycles. The highest BCUT2D eigenvalue weighted by molar-refractivity contribution is 6.85. The molecule has 0 spiro atoms. The SMILES string of the molecule is CCO[Si](CC[Si](C)(C)O[Si](C)(C)CC)OCC. The van der Waals surface area contributed by atoms with Crippen molar-refractivity contribution in [2.75, 3.05) is 13.2 Å². The normalized spacial score (nSPS) is 13.3.